The quantitative estimate of drug-likeness (QED) is 0.858. The molecular formula is C12H18N2O4S. The summed E-state index contributed by atoms with van der Waals surface area (Å²) < 4.78 is 10.5. The van der Waals surface area contributed by atoms with Gasteiger partial charge in [-0.3, -0.25) is 0 Å². The zero-order chi connectivity index (χ0) is 13.8. The van der Waals surface area contributed by atoms with Gasteiger partial charge >= 0.3 is 5.97 Å². The number of carboxylic acids is 1. The average molecular weight is 286 g/mol. The van der Waals surface area contributed by atoms with Crippen LogP contribution in [0.3, 0.4) is 0 Å². The van der Waals surface area contributed by atoms with Gasteiger partial charge in [-0.25, -0.2) is 4.79 Å². The largest absolute Gasteiger partial charge is 0.479 e. The third kappa shape index (κ3) is 3.94. The molecule has 1 fully saturated rings. The zero-order valence-electron chi connectivity index (χ0n) is 11.0. The number of hydrogen-bond donors (Lipinski definition) is 1. The maximum atomic E-state index is 10.8. The molecule has 19 heavy (non-hydrogen) atoms. The minimum absolute atomic E-state index is 0.377. The number of nitrogens with zero attached hydrogens (tertiary/aromatic N) is 2. The first kappa shape index (κ1) is 14.3. The van der Waals surface area contributed by atoms with Crippen LogP contribution in [0, 0.1) is 5.92 Å². The van der Waals surface area contributed by atoms with E-state index in [2.05, 4.69) is 24.0 Å². The molecule has 0 saturated carbocycles. The number of carboxylic acid groups (broad SMARTS) is 1. The van der Waals surface area contributed by atoms with Crippen LogP contribution in [-0.4, -0.2) is 33.1 Å². The molecule has 2 atom stereocenters. The smallest absolute Gasteiger partial charge is 0.332 e. The van der Waals surface area contributed by atoms with Crippen molar-refractivity contribution in [1.29, 1.82) is 0 Å². The van der Waals surface area contributed by atoms with Crippen LogP contribution < -0.4 is 0 Å². The van der Waals surface area contributed by atoms with Crippen LogP contribution in [0.15, 0.2) is 4.52 Å². The second kappa shape index (κ2) is 6.38. The van der Waals surface area contributed by atoms with E-state index < -0.39 is 12.1 Å². The van der Waals surface area contributed by atoms with Crippen molar-refractivity contribution < 1.29 is 19.2 Å². The summed E-state index contributed by atoms with van der Waals surface area (Å²) in [6.07, 6.45) is -0.0366. The lowest BCUT2D eigenvalue weighted by molar-refractivity contribution is -0.150. The van der Waals surface area contributed by atoms with Gasteiger partial charge in [0.25, 0.3) is 5.89 Å². The highest BCUT2D eigenvalue weighted by atomic mass is 32.2. The van der Waals surface area contributed by atoms with Gasteiger partial charge in [-0.1, -0.05) is 19.0 Å². The molecule has 0 bridgehead atoms. The van der Waals surface area contributed by atoms with E-state index in [4.69, 9.17) is 14.4 Å². The molecule has 0 amide bonds. The number of carbonyl (C=O) groups is 1. The van der Waals surface area contributed by atoms with Gasteiger partial charge in [-0.2, -0.15) is 16.7 Å². The maximum absolute atomic E-state index is 10.8. The number of aromatic nitrogens is 2. The van der Waals surface area contributed by atoms with Crippen molar-refractivity contribution >= 4 is 17.7 Å². The Kier molecular flexibility index (Phi) is 4.81. The summed E-state index contributed by atoms with van der Waals surface area (Å²) >= 11 is 1.76. The van der Waals surface area contributed by atoms with Crippen LogP contribution >= 0.6 is 11.8 Å². The van der Waals surface area contributed by atoms with Crippen molar-refractivity contribution in [2.24, 2.45) is 5.92 Å². The van der Waals surface area contributed by atoms with Gasteiger partial charge in [-0.15, -0.1) is 0 Å². The molecule has 1 aliphatic heterocycles. The third-order valence-electron chi connectivity index (χ3n) is 2.74. The van der Waals surface area contributed by atoms with Gasteiger partial charge in [-0.05, 0) is 24.5 Å². The lowest BCUT2D eigenvalue weighted by Crippen LogP contribution is -2.18. The highest BCUT2D eigenvalue weighted by molar-refractivity contribution is 7.98. The minimum atomic E-state index is -0.935. The molecule has 0 radical (unpaired) electrons. The Morgan fingerprint density at radius 1 is 1.53 bits per heavy atom. The fraction of sp³-hybridized carbons (Fsp3) is 0.750. The molecule has 1 aromatic rings. The Morgan fingerprint density at radius 2 is 2.32 bits per heavy atom. The van der Waals surface area contributed by atoms with Gasteiger partial charge in [0, 0.05) is 0 Å². The Balaban J connectivity index is 1.85. The van der Waals surface area contributed by atoms with E-state index >= 15 is 0 Å². The summed E-state index contributed by atoms with van der Waals surface area (Å²) in [5.74, 6) is 2.48. The van der Waals surface area contributed by atoms with Crippen molar-refractivity contribution in [3.05, 3.63) is 11.7 Å². The second-order valence-electron chi connectivity index (χ2n) is 4.99. The van der Waals surface area contributed by atoms with Crippen molar-refractivity contribution in [3.63, 3.8) is 0 Å². The lowest BCUT2D eigenvalue weighted by Gasteiger charge is -2.05. The summed E-state index contributed by atoms with van der Waals surface area (Å²) in [4.78, 5) is 15.1. The highest BCUT2D eigenvalue weighted by Crippen LogP contribution is 2.32. The Morgan fingerprint density at radius 3 is 2.95 bits per heavy atom. The van der Waals surface area contributed by atoms with E-state index in [1.807, 2.05) is 0 Å². The molecule has 2 heterocycles. The molecule has 2 rings (SSSR count). The van der Waals surface area contributed by atoms with Crippen LogP contribution in [0.1, 0.15) is 44.5 Å². The second-order valence-corrected chi connectivity index (χ2v) is 6.02. The monoisotopic (exact) mass is 286 g/mol. The maximum Gasteiger partial charge on any atom is 0.332 e. The zero-order valence-corrected chi connectivity index (χ0v) is 11.9. The van der Waals surface area contributed by atoms with Gasteiger partial charge < -0.3 is 14.4 Å². The van der Waals surface area contributed by atoms with Crippen LogP contribution in [-0.2, 0) is 15.3 Å². The van der Waals surface area contributed by atoms with Crippen molar-refractivity contribution in [2.45, 2.75) is 44.6 Å². The average Bonchev–Trinajstić information content (AvgIpc) is 2.95. The Bertz CT molecular complexity index is 435. The highest BCUT2D eigenvalue weighted by Gasteiger charge is 2.34. The Labute approximate surface area is 115 Å². The van der Waals surface area contributed by atoms with Gasteiger partial charge in [0.1, 0.15) is 6.10 Å². The van der Waals surface area contributed by atoms with Crippen molar-refractivity contribution in [1.82, 2.24) is 10.1 Å². The van der Waals surface area contributed by atoms with Gasteiger partial charge in [0.2, 0.25) is 0 Å². The normalized spacial score (nSPS) is 23.1. The summed E-state index contributed by atoms with van der Waals surface area (Å²) in [5, 5.41) is 12.7. The molecular weight excluding hydrogens is 268 g/mol. The minimum Gasteiger partial charge on any atom is -0.479 e. The molecule has 6 nitrogen and oxygen atoms in total. The Hall–Kier alpha value is -1.08. The first-order valence-electron chi connectivity index (χ1n) is 6.34. The molecule has 106 valence electrons. The molecule has 1 N–H and O–H groups in total. The predicted molar refractivity (Wildman–Crippen MR) is 69.8 cm³/mol. The molecule has 0 aliphatic carbocycles. The topological polar surface area (TPSA) is 85.5 Å². The van der Waals surface area contributed by atoms with Gasteiger partial charge in [0.15, 0.2) is 11.9 Å². The van der Waals surface area contributed by atoms with Crippen molar-refractivity contribution in [2.75, 3.05) is 5.75 Å². The fourth-order valence-electron chi connectivity index (χ4n) is 1.84. The number of hydrogen-bond acceptors (Lipinski definition) is 6. The fourth-order valence-corrected chi connectivity index (χ4v) is 2.73. The summed E-state index contributed by atoms with van der Waals surface area (Å²) in [6.45, 7) is 4.32. The van der Waals surface area contributed by atoms with Crippen LogP contribution in [0.5, 0.6) is 0 Å². The molecule has 1 aromatic heterocycles. The standard InChI is InChI=1S/C12H18N2O4S/c1-7(2)5-19-6-10-13-11(18-14-10)8-3-4-9(17-8)12(15)16/h7-9H,3-6H2,1-2H3,(H,15,16). The number of aliphatic carboxylic acids is 1. The molecule has 0 aromatic carbocycles. The SMILES string of the molecule is CC(C)CSCc1noc(C2CCC(C(=O)O)O2)n1. The molecule has 1 saturated heterocycles. The summed E-state index contributed by atoms with van der Waals surface area (Å²) in [5.41, 5.74) is 0. The molecule has 7 heteroatoms. The number of rotatable bonds is 6. The predicted octanol–water partition coefficient (Wildman–Crippen LogP) is 2.26. The summed E-state index contributed by atoms with van der Waals surface area (Å²) in [6, 6.07) is 0. The lowest BCUT2D eigenvalue weighted by atomic mass is 10.2. The van der Waals surface area contributed by atoms with Crippen LogP contribution in [0.2, 0.25) is 0 Å². The van der Waals surface area contributed by atoms with Crippen LogP contribution in [0.4, 0.5) is 0 Å². The van der Waals surface area contributed by atoms with Crippen molar-refractivity contribution in [3.8, 4) is 0 Å². The van der Waals surface area contributed by atoms with E-state index in [0.717, 1.165) is 5.75 Å². The molecule has 2 unspecified atom stereocenters. The molecule has 0 spiro atoms. The van der Waals surface area contributed by atoms with Crippen LogP contribution in [0.25, 0.3) is 0 Å². The van der Waals surface area contributed by atoms with Gasteiger partial charge in [0.05, 0.1) is 5.75 Å². The first-order chi connectivity index (χ1) is 9.06. The van der Waals surface area contributed by atoms with E-state index in [-0.39, 0.29) is 6.10 Å². The van der Waals surface area contributed by atoms with E-state index in [1.165, 1.54) is 0 Å². The third-order valence-corrected chi connectivity index (χ3v) is 4.10. The molecule has 1 aliphatic rings. The van der Waals surface area contributed by atoms with E-state index in [1.54, 1.807) is 11.8 Å². The summed E-state index contributed by atoms with van der Waals surface area (Å²) in [7, 11) is 0. The van der Waals surface area contributed by atoms with E-state index in [9.17, 15) is 4.79 Å². The number of ether oxygens (including phenoxy) is 1. The van der Waals surface area contributed by atoms with E-state index in [0.29, 0.717) is 36.2 Å². The first-order valence-corrected chi connectivity index (χ1v) is 7.50. The number of thioether (sulfide) groups is 1.